The molecule has 2 aromatic heterocycles. The van der Waals surface area contributed by atoms with E-state index in [1.807, 2.05) is 29.6 Å². The first-order valence-electron chi connectivity index (χ1n) is 5.48. The van der Waals surface area contributed by atoms with Gasteiger partial charge in [0.05, 0.1) is 11.3 Å². The third kappa shape index (κ3) is 2.36. The molecule has 0 unspecified atom stereocenters. The molecule has 4 nitrogen and oxygen atoms in total. The van der Waals surface area contributed by atoms with Crippen LogP contribution in [0.3, 0.4) is 0 Å². The predicted octanol–water partition coefficient (Wildman–Crippen LogP) is 3.57. The average molecular weight is 334 g/mol. The van der Waals surface area contributed by atoms with Gasteiger partial charge in [-0.25, -0.2) is 9.67 Å². The monoisotopic (exact) mass is 333 g/mol. The van der Waals surface area contributed by atoms with E-state index in [1.54, 1.807) is 17.1 Å². The Morgan fingerprint density at radius 3 is 2.68 bits per heavy atom. The van der Waals surface area contributed by atoms with Crippen LogP contribution in [0.15, 0.2) is 46.5 Å². The SMILES string of the molecule is O=Cc1cn(-c2ccc(Br)cc2)nc1-c1nccs1. The summed E-state index contributed by atoms with van der Waals surface area (Å²) in [6, 6.07) is 7.72. The number of rotatable bonds is 3. The second-order valence-electron chi connectivity index (χ2n) is 3.81. The lowest BCUT2D eigenvalue weighted by Crippen LogP contribution is -1.94. The maximum absolute atomic E-state index is 11.1. The maximum atomic E-state index is 11.1. The molecule has 0 bridgehead atoms. The Morgan fingerprint density at radius 2 is 2.05 bits per heavy atom. The number of nitrogens with zero attached hydrogens (tertiary/aromatic N) is 3. The normalized spacial score (nSPS) is 10.6. The molecule has 94 valence electrons. The fourth-order valence-electron chi connectivity index (χ4n) is 1.71. The van der Waals surface area contributed by atoms with Crippen molar-refractivity contribution in [3.8, 4) is 16.4 Å². The molecule has 0 aliphatic heterocycles. The Hall–Kier alpha value is -1.79. The largest absolute Gasteiger partial charge is 0.298 e. The van der Waals surface area contributed by atoms with Gasteiger partial charge in [-0.2, -0.15) is 5.10 Å². The molecule has 3 rings (SSSR count). The van der Waals surface area contributed by atoms with Gasteiger partial charge in [-0.3, -0.25) is 4.79 Å². The van der Waals surface area contributed by atoms with Crippen molar-refractivity contribution in [1.82, 2.24) is 14.8 Å². The summed E-state index contributed by atoms with van der Waals surface area (Å²) in [5, 5.41) is 7.05. The zero-order chi connectivity index (χ0) is 13.2. The number of carbonyl (C=O) groups is 1. The van der Waals surface area contributed by atoms with Crippen LogP contribution in [0.25, 0.3) is 16.4 Å². The highest BCUT2D eigenvalue weighted by Gasteiger charge is 2.13. The standard InChI is InChI=1S/C13H8BrN3OS/c14-10-1-3-11(4-2-10)17-7-9(8-18)12(16-17)13-15-5-6-19-13/h1-8H. The number of hydrogen-bond donors (Lipinski definition) is 0. The summed E-state index contributed by atoms with van der Waals surface area (Å²) in [5.74, 6) is 0. The van der Waals surface area contributed by atoms with Crippen molar-refractivity contribution in [2.24, 2.45) is 0 Å². The highest BCUT2D eigenvalue weighted by Crippen LogP contribution is 2.24. The molecule has 0 saturated carbocycles. The molecule has 0 atom stereocenters. The van der Waals surface area contributed by atoms with E-state index < -0.39 is 0 Å². The van der Waals surface area contributed by atoms with Crippen molar-refractivity contribution in [3.63, 3.8) is 0 Å². The van der Waals surface area contributed by atoms with E-state index in [9.17, 15) is 4.79 Å². The Bertz CT molecular complexity index is 704. The van der Waals surface area contributed by atoms with Crippen LogP contribution >= 0.6 is 27.3 Å². The quantitative estimate of drug-likeness (QED) is 0.688. The van der Waals surface area contributed by atoms with Crippen LogP contribution in [0.4, 0.5) is 0 Å². The number of halogens is 1. The Labute approximate surface area is 121 Å². The minimum Gasteiger partial charge on any atom is -0.298 e. The van der Waals surface area contributed by atoms with E-state index in [4.69, 9.17) is 0 Å². The van der Waals surface area contributed by atoms with E-state index in [1.165, 1.54) is 11.3 Å². The van der Waals surface area contributed by atoms with Crippen molar-refractivity contribution in [1.29, 1.82) is 0 Å². The molecule has 0 spiro atoms. The molecule has 0 radical (unpaired) electrons. The van der Waals surface area contributed by atoms with Crippen LogP contribution in [-0.2, 0) is 0 Å². The van der Waals surface area contributed by atoms with Crippen LogP contribution < -0.4 is 0 Å². The minimum absolute atomic E-state index is 0.540. The predicted molar refractivity (Wildman–Crippen MR) is 77.8 cm³/mol. The molecule has 0 saturated heterocycles. The van der Waals surface area contributed by atoms with E-state index in [-0.39, 0.29) is 0 Å². The lowest BCUT2D eigenvalue weighted by Gasteiger charge is -2.00. The minimum atomic E-state index is 0.540. The zero-order valence-electron chi connectivity index (χ0n) is 9.65. The third-order valence-corrected chi connectivity index (χ3v) is 3.90. The van der Waals surface area contributed by atoms with Gasteiger partial charge in [0.25, 0.3) is 0 Å². The van der Waals surface area contributed by atoms with E-state index in [2.05, 4.69) is 26.0 Å². The summed E-state index contributed by atoms with van der Waals surface area (Å²) in [4.78, 5) is 15.3. The molecule has 2 heterocycles. The van der Waals surface area contributed by atoms with Gasteiger partial charge < -0.3 is 0 Å². The summed E-state index contributed by atoms with van der Waals surface area (Å²) < 4.78 is 2.69. The van der Waals surface area contributed by atoms with Crippen LogP contribution in [0.1, 0.15) is 10.4 Å². The summed E-state index contributed by atoms with van der Waals surface area (Å²) in [5.41, 5.74) is 2.06. The number of aromatic nitrogens is 3. The van der Waals surface area contributed by atoms with Gasteiger partial charge >= 0.3 is 0 Å². The molecule has 6 heteroatoms. The van der Waals surface area contributed by atoms with E-state index in [0.29, 0.717) is 11.3 Å². The van der Waals surface area contributed by atoms with Gasteiger partial charge in [0.15, 0.2) is 6.29 Å². The molecule has 19 heavy (non-hydrogen) atoms. The second kappa shape index (κ2) is 5.07. The van der Waals surface area contributed by atoms with Gasteiger partial charge in [-0.15, -0.1) is 11.3 Å². The fourth-order valence-corrected chi connectivity index (χ4v) is 2.61. The summed E-state index contributed by atoms with van der Waals surface area (Å²) in [6.45, 7) is 0. The highest BCUT2D eigenvalue weighted by molar-refractivity contribution is 9.10. The second-order valence-corrected chi connectivity index (χ2v) is 5.62. The van der Waals surface area contributed by atoms with Crippen LogP contribution in [0.2, 0.25) is 0 Å². The summed E-state index contributed by atoms with van der Waals surface area (Å²) in [6.07, 6.45) is 4.22. The van der Waals surface area contributed by atoms with Gasteiger partial charge in [0.2, 0.25) is 0 Å². The van der Waals surface area contributed by atoms with Crippen molar-refractivity contribution in [2.45, 2.75) is 0 Å². The number of hydrogen-bond acceptors (Lipinski definition) is 4. The highest BCUT2D eigenvalue weighted by atomic mass is 79.9. The third-order valence-electron chi connectivity index (χ3n) is 2.60. The molecule has 1 aromatic carbocycles. The van der Waals surface area contributed by atoms with Crippen molar-refractivity contribution in [3.05, 3.63) is 52.1 Å². The number of aldehydes is 1. The average Bonchev–Trinajstić information content (AvgIpc) is 3.08. The Kier molecular flexibility index (Phi) is 3.27. The summed E-state index contributed by atoms with van der Waals surface area (Å²) in [7, 11) is 0. The van der Waals surface area contributed by atoms with Crippen molar-refractivity contribution in [2.75, 3.05) is 0 Å². The van der Waals surface area contributed by atoms with Gasteiger partial charge in [-0.05, 0) is 24.3 Å². The first-order chi connectivity index (χ1) is 9.28. The van der Waals surface area contributed by atoms with Crippen LogP contribution in [0.5, 0.6) is 0 Å². The smallest absolute Gasteiger partial charge is 0.153 e. The Morgan fingerprint density at radius 1 is 1.26 bits per heavy atom. The zero-order valence-corrected chi connectivity index (χ0v) is 12.1. The van der Waals surface area contributed by atoms with Crippen LogP contribution in [-0.4, -0.2) is 21.1 Å². The van der Waals surface area contributed by atoms with Gasteiger partial charge in [0.1, 0.15) is 10.7 Å². The van der Waals surface area contributed by atoms with E-state index >= 15 is 0 Å². The van der Waals surface area contributed by atoms with Gasteiger partial charge in [0, 0.05) is 22.2 Å². The number of carbonyl (C=O) groups excluding carboxylic acids is 1. The Balaban J connectivity index is 2.09. The molecular formula is C13H8BrN3OS. The summed E-state index contributed by atoms with van der Waals surface area (Å²) >= 11 is 4.85. The molecular weight excluding hydrogens is 326 g/mol. The first kappa shape index (κ1) is 12.3. The molecule has 0 N–H and O–H groups in total. The fraction of sp³-hybridized carbons (Fsp3) is 0. The first-order valence-corrected chi connectivity index (χ1v) is 7.16. The topological polar surface area (TPSA) is 47.8 Å². The number of benzene rings is 1. The van der Waals surface area contributed by atoms with Crippen molar-refractivity contribution >= 4 is 33.6 Å². The lowest BCUT2D eigenvalue weighted by atomic mass is 10.3. The van der Waals surface area contributed by atoms with Crippen LogP contribution in [0, 0.1) is 0 Å². The molecule has 0 aliphatic carbocycles. The molecule has 3 aromatic rings. The molecule has 0 fully saturated rings. The van der Waals surface area contributed by atoms with Gasteiger partial charge in [-0.1, -0.05) is 15.9 Å². The molecule has 0 aliphatic rings. The number of thiazole rings is 1. The lowest BCUT2D eigenvalue weighted by molar-refractivity contribution is 0.112. The van der Waals surface area contributed by atoms with E-state index in [0.717, 1.165) is 21.5 Å². The molecule has 0 amide bonds. The van der Waals surface area contributed by atoms with Crippen molar-refractivity contribution < 1.29 is 4.79 Å². The maximum Gasteiger partial charge on any atom is 0.153 e.